The SMILES string of the molecule is COC(=O)CC(NC(=O)c1cc(=O)c2ccccc2o1)c1ccc(Br)cc1. The molecule has 138 valence electrons. The maximum atomic E-state index is 12.7. The fraction of sp³-hybridized carbons (Fsp3) is 0.150. The predicted octanol–water partition coefficient (Wildman–Crippen LogP) is 3.59. The Morgan fingerprint density at radius 1 is 1.15 bits per heavy atom. The summed E-state index contributed by atoms with van der Waals surface area (Å²) < 4.78 is 11.1. The third kappa shape index (κ3) is 4.43. The van der Waals surface area contributed by atoms with E-state index in [2.05, 4.69) is 21.2 Å². The largest absolute Gasteiger partial charge is 0.469 e. The first-order valence-corrected chi connectivity index (χ1v) is 8.93. The highest BCUT2D eigenvalue weighted by molar-refractivity contribution is 9.10. The number of carbonyl (C=O) groups is 2. The van der Waals surface area contributed by atoms with Crippen molar-refractivity contribution >= 4 is 38.8 Å². The van der Waals surface area contributed by atoms with E-state index in [-0.39, 0.29) is 17.6 Å². The Hall–Kier alpha value is -2.93. The number of hydrogen-bond donors (Lipinski definition) is 1. The molecule has 0 aliphatic rings. The van der Waals surface area contributed by atoms with Gasteiger partial charge in [0.15, 0.2) is 11.2 Å². The van der Waals surface area contributed by atoms with Gasteiger partial charge in [-0.2, -0.15) is 0 Å². The fourth-order valence-corrected chi connectivity index (χ4v) is 2.91. The molecule has 7 heteroatoms. The molecule has 3 rings (SSSR count). The van der Waals surface area contributed by atoms with Crippen LogP contribution in [0.1, 0.15) is 28.6 Å². The van der Waals surface area contributed by atoms with Crippen molar-refractivity contribution in [3.05, 3.63) is 80.6 Å². The molecule has 0 saturated heterocycles. The summed E-state index contributed by atoms with van der Waals surface area (Å²) in [5, 5.41) is 3.13. The van der Waals surface area contributed by atoms with Crippen molar-refractivity contribution in [3.63, 3.8) is 0 Å². The zero-order valence-corrected chi connectivity index (χ0v) is 16.0. The van der Waals surface area contributed by atoms with Gasteiger partial charge >= 0.3 is 5.97 Å². The fourth-order valence-electron chi connectivity index (χ4n) is 2.64. The molecule has 0 radical (unpaired) electrons. The summed E-state index contributed by atoms with van der Waals surface area (Å²) in [7, 11) is 1.28. The molecule has 0 fully saturated rings. The Morgan fingerprint density at radius 3 is 2.56 bits per heavy atom. The maximum Gasteiger partial charge on any atom is 0.307 e. The number of hydrogen-bond acceptors (Lipinski definition) is 5. The van der Waals surface area contributed by atoms with Crippen molar-refractivity contribution in [2.75, 3.05) is 7.11 Å². The van der Waals surface area contributed by atoms with Gasteiger partial charge in [0.1, 0.15) is 5.58 Å². The van der Waals surface area contributed by atoms with Crippen LogP contribution in [0, 0.1) is 0 Å². The van der Waals surface area contributed by atoms with Crippen LogP contribution >= 0.6 is 15.9 Å². The van der Waals surface area contributed by atoms with E-state index in [1.165, 1.54) is 7.11 Å². The van der Waals surface area contributed by atoms with E-state index >= 15 is 0 Å². The smallest absolute Gasteiger partial charge is 0.307 e. The second-order valence-corrected chi connectivity index (χ2v) is 6.74. The van der Waals surface area contributed by atoms with Crippen LogP contribution in [0.15, 0.2) is 68.3 Å². The minimum absolute atomic E-state index is 0.0539. The van der Waals surface area contributed by atoms with Gasteiger partial charge in [-0.15, -0.1) is 0 Å². The molecule has 0 aliphatic carbocycles. The predicted molar refractivity (Wildman–Crippen MR) is 103 cm³/mol. The maximum absolute atomic E-state index is 12.7. The first-order valence-electron chi connectivity index (χ1n) is 8.14. The molecule has 1 aromatic heterocycles. The summed E-state index contributed by atoms with van der Waals surface area (Å²) in [6.07, 6.45) is -0.0539. The summed E-state index contributed by atoms with van der Waals surface area (Å²) in [6.45, 7) is 0. The molecule has 1 N–H and O–H groups in total. The molecule has 0 bridgehead atoms. The van der Waals surface area contributed by atoms with E-state index in [0.717, 1.165) is 16.1 Å². The van der Waals surface area contributed by atoms with Gasteiger partial charge in [0, 0.05) is 10.5 Å². The van der Waals surface area contributed by atoms with Crippen LogP contribution in [0.3, 0.4) is 0 Å². The number of amides is 1. The Morgan fingerprint density at radius 2 is 1.85 bits per heavy atom. The number of esters is 1. The number of halogens is 1. The molecule has 0 saturated carbocycles. The van der Waals surface area contributed by atoms with Crippen molar-refractivity contribution in [1.82, 2.24) is 5.32 Å². The van der Waals surface area contributed by atoms with E-state index in [4.69, 9.17) is 9.15 Å². The monoisotopic (exact) mass is 429 g/mol. The van der Waals surface area contributed by atoms with E-state index in [1.807, 2.05) is 12.1 Å². The highest BCUT2D eigenvalue weighted by atomic mass is 79.9. The van der Waals surface area contributed by atoms with Gasteiger partial charge in [0.05, 0.1) is 25.0 Å². The Kier molecular flexibility index (Phi) is 5.71. The minimum Gasteiger partial charge on any atom is -0.469 e. The highest BCUT2D eigenvalue weighted by Crippen LogP contribution is 2.21. The van der Waals surface area contributed by atoms with Crippen LogP contribution in [-0.2, 0) is 9.53 Å². The average molecular weight is 430 g/mol. The molecule has 1 unspecified atom stereocenters. The Labute approximate surface area is 163 Å². The normalized spacial score (nSPS) is 11.8. The summed E-state index contributed by atoms with van der Waals surface area (Å²) >= 11 is 3.35. The number of ether oxygens (including phenoxy) is 1. The van der Waals surface area contributed by atoms with Gasteiger partial charge in [-0.05, 0) is 29.8 Å². The molecule has 0 aliphatic heterocycles. The molecule has 1 atom stereocenters. The van der Waals surface area contributed by atoms with E-state index < -0.39 is 17.9 Å². The number of rotatable bonds is 5. The first kappa shape index (κ1) is 18.8. The van der Waals surface area contributed by atoms with E-state index in [9.17, 15) is 14.4 Å². The van der Waals surface area contributed by atoms with Crippen LogP contribution in [0.2, 0.25) is 0 Å². The van der Waals surface area contributed by atoms with Crippen LogP contribution in [0.4, 0.5) is 0 Å². The summed E-state index contributed by atoms with van der Waals surface area (Å²) in [5.74, 6) is -1.18. The quantitative estimate of drug-likeness (QED) is 0.626. The van der Waals surface area contributed by atoms with Crippen molar-refractivity contribution in [3.8, 4) is 0 Å². The Balaban J connectivity index is 1.90. The zero-order chi connectivity index (χ0) is 19.4. The van der Waals surface area contributed by atoms with Crippen molar-refractivity contribution in [2.45, 2.75) is 12.5 Å². The summed E-state index contributed by atoms with van der Waals surface area (Å²) in [5.41, 5.74) is 0.735. The van der Waals surface area contributed by atoms with Gasteiger partial charge in [0.2, 0.25) is 0 Å². The molecule has 27 heavy (non-hydrogen) atoms. The molecular formula is C20H16BrNO5. The highest BCUT2D eigenvalue weighted by Gasteiger charge is 2.21. The second-order valence-electron chi connectivity index (χ2n) is 5.83. The number of benzene rings is 2. The van der Waals surface area contributed by atoms with Crippen molar-refractivity contribution < 1.29 is 18.7 Å². The molecule has 1 amide bonds. The first-order chi connectivity index (χ1) is 13.0. The summed E-state index contributed by atoms with van der Waals surface area (Å²) in [4.78, 5) is 36.6. The van der Waals surface area contributed by atoms with Crippen LogP contribution in [0.25, 0.3) is 11.0 Å². The van der Waals surface area contributed by atoms with Crippen LogP contribution < -0.4 is 10.7 Å². The lowest BCUT2D eigenvalue weighted by Gasteiger charge is -2.18. The molecule has 2 aromatic carbocycles. The van der Waals surface area contributed by atoms with Crippen molar-refractivity contribution in [2.24, 2.45) is 0 Å². The van der Waals surface area contributed by atoms with Crippen molar-refractivity contribution in [1.29, 1.82) is 0 Å². The molecular weight excluding hydrogens is 414 g/mol. The average Bonchev–Trinajstić information content (AvgIpc) is 2.67. The number of fused-ring (bicyclic) bond motifs is 1. The minimum atomic E-state index is -0.630. The van der Waals surface area contributed by atoms with E-state index in [1.54, 1.807) is 36.4 Å². The zero-order valence-electron chi connectivity index (χ0n) is 14.4. The lowest BCUT2D eigenvalue weighted by molar-refractivity contribution is -0.141. The number of para-hydroxylation sites is 1. The number of carbonyl (C=O) groups excluding carboxylic acids is 2. The van der Waals surface area contributed by atoms with Crippen LogP contribution in [0.5, 0.6) is 0 Å². The number of methoxy groups -OCH3 is 1. The van der Waals surface area contributed by atoms with Gasteiger partial charge in [0.25, 0.3) is 5.91 Å². The molecule has 3 aromatic rings. The molecule has 0 spiro atoms. The third-order valence-corrected chi connectivity index (χ3v) is 4.56. The van der Waals surface area contributed by atoms with Gasteiger partial charge < -0.3 is 14.5 Å². The van der Waals surface area contributed by atoms with E-state index in [0.29, 0.717) is 11.0 Å². The third-order valence-electron chi connectivity index (χ3n) is 4.03. The standard InChI is InChI=1S/C20H16BrNO5/c1-26-19(24)10-15(12-6-8-13(21)9-7-12)22-20(25)18-11-16(23)14-4-2-3-5-17(14)27-18/h2-9,11,15H,10H2,1H3,(H,22,25). The topological polar surface area (TPSA) is 85.6 Å². The molecule has 6 nitrogen and oxygen atoms in total. The Bertz CT molecular complexity index is 1040. The lowest BCUT2D eigenvalue weighted by atomic mass is 10.0. The summed E-state index contributed by atoms with van der Waals surface area (Å²) in [6, 6.07) is 14.4. The van der Waals surface area contributed by atoms with Gasteiger partial charge in [-0.1, -0.05) is 40.2 Å². The van der Waals surface area contributed by atoms with Gasteiger partial charge in [-0.3, -0.25) is 14.4 Å². The lowest BCUT2D eigenvalue weighted by Crippen LogP contribution is -2.31. The second kappa shape index (κ2) is 8.18. The van der Waals surface area contributed by atoms with Gasteiger partial charge in [-0.25, -0.2) is 0 Å². The van der Waals surface area contributed by atoms with Crippen LogP contribution in [-0.4, -0.2) is 19.0 Å². The number of nitrogens with one attached hydrogen (secondary N) is 1. The molecule has 1 heterocycles.